The molecule has 2 atom stereocenters. The normalized spacial score (nSPS) is 24.2. The van der Waals surface area contributed by atoms with Gasteiger partial charge in [-0.1, -0.05) is 18.7 Å². The molecule has 1 fully saturated rings. The number of aryl methyl sites for hydroxylation is 2. The maximum Gasteiger partial charge on any atom is 0.0969 e. The summed E-state index contributed by atoms with van der Waals surface area (Å²) in [5.41, 5.74) is 2.37. The molecule has 0 aliphatic carbocycles. The molecule has 100 valence electrons. The first-order chi connectivity index (χ1) is 8.69. The maximum atomic E-state index is 5.60. The third-order valence-electron chi connectivity index (χ3n) is 3.12. The Balaban J connectivity index is 2.05. The molecule has 4 heteroatoms. The summed E-state index contributed by atoms with van der Waals surface area (Å²) in [5.74, 6) is 0. The van der Waals surface area contributed by atoms with E-state index in [1.165, 1.54) is 5.56 Å². The highest BCUT2D eigenvalue weighted by Crippen LogP contribution is 2.28. The van der Waals surface area contributed by atoms with E-state index in [9.17, 15) is 0 Å². The van der Waals surface area contributed by atoms with E-state index < -0.39 is 0 Å². The topological polar surface area (TPSA) is 34.1 Å². The molecule has 3 nitrogen and oxygen atoms in total. The molecule has 0 bridgehead atoms. The second-order valence-electron chi connectivity index (χ2n) is 4.81. The number of nitrogens with one attached hydrogen (secondary N) is 1. The van der Waals surface area contributed by atoms with E-state index in [4.69, 9.17) is 4.74 Å². The summed E-state index contributed by atoms with van der Waals surface area (Å²) in [6, 6.07) is 4.81. The minimum atomic E-state index is 0.465. The zero-order chi connectivity index (χ0) is 13.0. The molecule has 2 unspecified atom stereocenters. The van der Waals surface area contributed by atoms with E-state index >= 15 is 0 Å². The standard InChI is InChI=1S/C14H22N2OS/c1-4-15-12-5-6-17-9-13(12)18-14-8-10(2)7-11(3)16-14/h7-8,12-13,15H,4-6,9H2,1-3H3. The van der Waals surface area contributed by atoms with Gasteiger partial charge in [0.1, 0.15) is 0 Å². The van der Waals surface area contributed by atoms with Gasteiger partial charge < -0.3 is 10.1 Å². The first-order valence-corrected chi connectivity index (χ1v) is 7.50. The molecule has 1 aromatic heterocycles. The van der Waals surface area contributed by atoms with Gasteiger partial charge in [-0.25, -0.2) is 4.98 Å². The Bertz CT molecular complexity index is 375. The summed E-state index contributed by atoms with van der Waals surface area (Å²) in [7, 11) is 0. The van der Waals surface area contributed by atoms with Gasteiger partial charge in [0, 0.05) is 23.6 Å². The molecule has 0 aromatic carbocycles. The fourth-order valence-corrected chi connectivity index (χ4v) is 3.67. The van der Waals surface area contributed by atoms with Crippen LogP contribution in [0, 0.1) is 13.8 Å². The fourth-order valence-electron chi connectivity index (χ4n) is 2.34. The molecule has 1 N–H and O–H groups in total. The Morgan fingerprint density at radius 2 is 2.28 bits per heavy atom. The van der Waals surface area contributed by atoms with Crippen molar-refractivity contribution in [3.63, 3.8) is 0 Å². The smallest absolute Gasteiger partial charge is 0.0969 e. The average Bonchev–Trinajstić information content (AvgIpc) is 2.30. The average molecular weight is 266 g/mol. The monoisotopic (exact) mass is 266 g/mol. The van der Waals surface area contributed by atoms with Crippen LogP contribution in [0.4, 0.5) is 0 Å². The van der Waals surface area contributed by atoms with Crippen molar-refractivity contribution in [3.05, 3.63) is 23.4 Å². The Kier molecular flexibility index (Phi) is 5.03. The van der Waals surface area contributed by atoms with E-state index in [0.29, 0.717) is 11.3 Å². The zero-order valence-electron chi connectivity index (χ0n) is 11.4. The molecule has 1 saturated heterocycles. The van der Waals surface area contributed by atoms with Crippen molar-refractivity contribution in [3.8, 4) is 0 Å². The molecule has 1 aliphatic rings. The van der Waals surface area contributed by atoms with Crippen molar-refractivity contribution in [2.24, 2.45) is 0 Å². The van der Waals surface area contributed by atoms with Crippen LogP contribution in [0.15, 0.2) is 17.2 Å². The number of nitrogens with zero attached hydrogens (tertiary/aromatic N) is 1. The zero-order valence-corrected chi connectivity index (χ0v) is 12.2. The Morgan fingerprint density at radius 3 is 3.00 bits per heavy atom. The SMILES string of the molecule is CCNC1CCOCC1Sc1cc(C)cc(C)n1. The maximum absolute atomic E-state index is 5.60. The largest absolute Gasteiger partial charge is 0.380 e. The van der Waals surface area contributed by atoms with Gasteiger partial charge in [-0.2, -0.15) is 0 Å². The fraction of sp³-hybridized carbons (Fsp3) is 0.643. The molecule has 2 heterocycles. The lowest BCUT2D eigenvalue weighted by atomic mass is 10.1. The summed E-state index contributed by atoms with van der Waals surface area (Å²) in [4.78, 5) is 4.60. The molecule has 1 aromatic rings. The van der Waals surface area contributed by atoms with Crippen LogP contribution in [-0.2, 0) is 4.74 Å². The minimum absolute atomic E-state index is 0.465. The van der Waals surface area contributed by atoms with E-state index in [1.807, 2.05) is 11.8 Å². The van der Waals surface area contributed by atoms with Gasteiger partial charge in [0.05, 0.1) is 11.6 Å². The van der Waals surface area contributed by atoms with Crippen molar-refractivity contribution in [2.75, 3.05) is 19.8 Å². The van der Waals surface area contributed by atoms with Gasteiger partial charge in [-0.05, 0) is 44.5 Å². The summed E-state index contributed by atoms with van der Waals surface area (Å²) in [6.45, 7) is 9.04. The van der Waals surface area contributed by atoms with Crippen molar-refractivity contribution in [2.45, 2.75) is 43.5 Å². The van der Waals surface area contributed by atoms with Gasteiger partial charge >= 0.3 is 0 Å². The van der Waals surface area contributed by atoms with E-state index in [2.05, 4.69) is 43.2 Å². The Morgan fingerprint density at radius 1 is 1.44 bits per heavy atom. The molecule has 0 saturated carbocycles. The second-order valence-corrected chi connectivity index (χ2v) is 6.07. The summed E-state index contributed by atoms with van der Waals surface area (Å²) >= 11 is 1.84. The van der Waals surface area contributed by atoms with Crippen LogP contribution in [0.25, 0.3) is 0 Å². The van der Waals surface area contributed by atoms with Crippen LogP contribution in [0.5, 0.6) is 0 Å². The molecular formula is C14H22N2OS. The van der Waals surface area contributed by atoms with Gasteiger partial charge in [0.25, 0.3) is 0 Å². The Labute approximate surface area is 114 Å². The highest BCUT2D eigenvalue weighted by atomic mass is 32.2. The predicted molar refractivity (Wildman–Crippen MR) is 76.3 cm³/mol. The second kappa shape index (κ2) is 6.55. The molecule has 2 rings (SSSR count). The lowest BCUT2D eigenvalue weighted by Crippen LogP contribution is -2.44. The molecule has 0 radical (unpaired) electrons. The van der Waals surface area contributed by atoms with Crippen molar-refractivity contribution in [1.29, 1.82) is 0 Å². The minimum Gasteiger partial charge on any atom is -0.380 e. The number of hydrogen-bond acceptors (Lipinski definition) is 4. The number of ether oxygens (including phenoxy) is 1. The first-order valence-electron chi connectivity index (χ1n) is 6.62. The van der Waals surface area contributed by atoms with Crippen LogP contribution < -0.4 is 5.32 Å². The summed E-state index contributed by atoms with van der Waals surface area (Å²) in [5, 5.41) is 5.14. The number of pyridine rings is 1. The predicted octanol–water partition coefficient (Wildman–Crippen LogP) is 2.56. The van der Waals surface area contributed by atoms with Crippen molar-refractivity contribution < 1.29 is 4.74 Å². The van der Waals surface area contributed by atoms with Crippen LogP contribution in [0.2, 0.25) is 0 Å². The lowest BCUT2D eigenvalue weighted by Gasteiger charge is -2.31. The van der Waals surface area contributed by atoms with E-state index in [1.54, 1.807) is 0 Å². The summed E-state index contributed by atoms with van der Waals surface area (Å²) in [6.07, 6.45) is 1.09. The third-order valence-corrected chi connectivity index (χ3v) is 4.33. The van der Waals surface area contributed by atoms with Crippen LogP contribution in [0.3, 0.4) is 0 Å². The van der Waals surface area contributed by atoms with E-state index in [-0.39, 0.29) is 0 Å². The highest BCUT2D eigenvalue weighted by Gasteiger charge is 2.26. The van der Waals surface area contributed by atoms with Gasteiger partial charge in [-0.3, -0.25) is 0 Å². The first kappa shape index (κ1) is 13.8. The van der Waals surface area contributed by atoms with Gasteiger partial charge in [0.2, 0.25) is 0 Å². The highest BCUT2D eigenvalue weighted by molar-refractivity contribution is 8.00. The van der Waals surface area contributed by atoms with Crippen molar-refractivity contribution >= 4 is 11.8 Å². The number of hydrogen-bond donors (Lipinski definition) is 1. The molecular weight excluding hydrogens is 244 g/mol. The number of rotatable bonds is 4. The number of aromatic nitrogens is 1. The summed E-state index contributed by atoms with van der Waals surface area (Å²) < 4.78 is 5.60. The Hall–Kier alpha value is -0.580. The van der Waals surface area contributed by atoms with Crippen molar-refractivity contribution in [1.82, 2.24) is 10.3 Å². The van der Waals surface area contributed by atoms with Crippen LogP contribution in [0.1, 0.15) is 24.6 Å². The molecule has 1 aliphatic heterocycles. The third kappa shape index (κ3) is 3.70. The quantitative estimate of drug-likeness (QED) is 0.908. The van der Waals surface area contributed by atoms with E-state index in [0.717, 1.165) is 36.9 Å². The van der Waals surface area contributed by atoms with Crippen LogP contribution >= 0.6 is 11.8 Å². The van der Waals surface area contributed by atoms with Crippen LogP contribution in [-0.4, -0.2) is 36.0 Å². The molecule has 18 heavy (non-hydrogen) atoms. The molecule has 0 amide bonds. The molecule has 0 spiro atoms. The van der Waals surface area contributed by atoms with Gasteiger partial charge in [0.15, 0.2) is 0 Å². The van der Waals surface area contributed by atoms with Gasteiger partial charge in [-0.15, -0.1) is 0 Å². The lowest BCUT2D eigenvalue weighted by molar-refractivity contribution is 0.0836. The number of thioether (sulfide) groups is 1.